The summed E-state index contributed by atoms with van der Waals surface area (Å²) < 4.78 is 13.1. The van der Waals surface area contributed by atoms with Crippen molar-refractivity contribution < 1.29 is 19.1 Å². The predicted molar refractivity (Wildman–Crippen MR) is 146 cm³/mol. The summed E-state index contributed by atoms with van der Waals surface area (Å²) in [7, 11) is 0. The van der Waals surface area contributed by atoms with Crippen molar-refractivity contribution in [2.45, 2.75) is 39.1 Å². The number of hydrogen-bond acceptors (Lipinski definition) is 8. The maximum atomic E-state index is 12.9. The average Bonchev–Trinajstić information content (AvgIpc) is 3.51. The minimum atomic E-state index is -0.463. The van der Waals surface area contributed by atoms with Gasteiger partial charge in [-0.3, -0.25) is 4.79 Å². The van der Waals surface area contributed by atoms with Gasteiger partial charge < -0.3 is 19.4 Å². The smallest absolute Gasteiger partial charge is 0.341 e. The Morgan fingerprint density at radius 3 is 2.54 bits per heavy atom. The van der Waals surface area contributed by atoms with Gasteiger partial charge in [0.25, 0.3) is 0 Å². The first-order chi connectivity index (χ1) is 18.0. The van der Waals surface area contributed by atoms with Gasteiger partial charge in [0.05, 0.1) is 12.4 Å². The third-order valence-electron chi connectivity index (χ3n) is 5.50. The zero-order chi connectivity index (χ0) is 26.2. The number of thioether (sulfide) groups is 1. The third kappa shape index (κ3) is 6.39. The van der Waals surface area contributed by atoms with Crippen LogP contribution in [0.4, 0.5) is 5.00 Å². The van der Waals surface area contributed by atoms with Crippen LogP contribution in [0.5, 0.6) is 5.75 Å². The number of ether oxygens (including phenoxy) is 2. The summed E-state index contributed by atoms with van der Waals surface area (Å²) in [5.41, 5.74) is 3.02. The summed E-state index contributed by atoms with van der Waals surface area (Å²) in [5.74, 6) is 0.876. The van der Waals surface area contributed by atoms with Crippen LogP contribution >= 0.6 is 23.1 Å². The van der Waals surface area contributed by atoms with Gasteiger partial charge in [0.1, 0.15) is 22.9 Å². The zero-order valence-corrected chi connectivity index (χ0v) is 22.5. The minimum Gasteiger partial charge on any atom is -0.485 e. The lowest BCUT2D eigenvalue weighted by Crippen LogP contribution is -2.17. The highest BCUT2D eigenvalue weighted by molar-refractivity contribution is 7.99. The number of carbonyl (C=O) groups is 2. The molecule has 0 spiro atoms. The molecule has 2 aromatic carbocycles. The lowest BCUT2D eigenvalue weighted by atomic mass is 10.0. The molecule has 0 fully saturated rings. The Hall–Kier alpha value is -3.63. The van der Waals surface area contributed by atoms with Gasteiger partial charge in [-0.15, -0.1) is 21.5 Å². The first-order valence-corrected chi connectivity index (χ1v) is 13.8. The Morgan fingerprint density at radius 1 is 1.05 bits per heavy atom. The van der Waals surface area contributed by atoms with E-state index >= 15 is 0 Å². The number of aryl methyl sites for hydroxylation is 1. The van der Waals surface area contributed by atoms with E-state index in [0.717, 1.165) is 22.4 Å². The summed E-state index contributed by atoms with van der Waals surface area (Å²) in [6.45, 7) is 6.90. The summed E-state index contributed by atoms with van der Waals surface area (Å²) in [4.78, 5) is 25.6. The highest BCUT2D eigenvalue weighted by atomic mass is 32.2. The Kier molecular flexibility index (Phi) is 8.97. The van der Waals surface area contributed by atoms with Gasteiger partial charge in [-0.1, -0.05) is 60.3 Å². The van der Waals surface area contributed by atoms with Crippen molar-refractivity contribution in [2.24, 2.45) is 0 Å². The number of esters is 1. The molecule has 2 heterocycles. The monoisotopic (exact) mass is 536 g/mol. The number of benzene rings is 2. The van der Waals surface area contributed by atoms with Gasteiger partial charge in [0.15, 0.2) is 11.0 Å². The number of aromatic nitrogens is 3. The minimum absolute atomic E-state index is 0.109. The molecular weight excluding hydrogens is 508 g/mol. The molecular formula is C27H28N4O4S2. The number of thiophene rings is 1. The molecule has 192 valence electrons. The number of hydrogen-bond donors (Lipinski definition) is 1. The zero-order valence-electron chi connectivity index (χ0n) is 20.9. The van der Waals surface area contributed by atoms with Crippen molar-refractivity contribution in [3.8, 4) is 16.9 Å². The fourth-order valence-corrected chi connectivity index (χ4v) is 5.48. The van der Waals surface area contributed by atoms with E-state index in [1.807, 2.05) is 78.4 Å². The van der Waals surface area contributed by atoms with E-state index in [0.29, 0.717) is 28.1 Å². The normalized spacial score (nSPS) is 10.8. The van der Waals surface area contributed by atoms with Crippen LogP contribution < -0.4 is 10.1 Å². The molecule has 0 atom stereocenters. The Balaban J connectivity index is 1.43. The molecule has 0 bridgehead atoms. The first-order valence-electron chi connectivity index (χ1n) is 11.9. The second-order valence-corrected chi connectivity index (χ2v) is 9.80. The topological polar surface area (TPSA) is 95.3 Å². The van der Waals surface area contributed by atoms with Gasteiger partial charge in [-0.05, 0) is 38.0 Å². The molecule has 8 nitrogen and oxygen atoms in total. The average molecular weight is 537 g/mol. The second-order valence-electron chi connectivity index (χ2n) is 7.97. The van der Waals surface area contributed by atoms with E-state index in [4.69, 9.17) is 9.47 Å². The van der Waals surface area contributed by atoms with Crippen LogP contribution in [0.2, 0.25) is 0 Å². The Bertz CT molecular complexity index is 1370. The molecule has 0 unspecified atom stereocenters. The van der Waals surface area contributed by atoms with Crippen molar-refractivity contribution in [1.29, 1.82) is 0 Å². The number of nitrogens with one attached hydrogen (secondary N) is 1. The molecule has 0 aliphatic carbocycles. The molecule has 1 amide bonds. The van der Waals surface area contributed by atoms with Gasteiger partial charge in [-0.2, -0.15) is 0 Å². The van der Waals surface area contributed by atoms with E-state index in [2.05, 4.69) is 15.5 Å². The van der Waals surface area contributed by atoms with Gasteiger partial charge in [-0.25, -0.2) is 4.79 Å². The molecule has 0 saturated heterocycles. The summed E-state index contributed by atoms with van der Waals surface area (Å²) in [6.07, 6.45) is 0. The fraction of sp³-hybridized carbons (Fsp3) is 0.259. The van der Waals surface area contributed by atoms with Crippen LogP contribution in [0, 0.1) is 6.92 Å². The first kappa shape index (κ1) is 26.4. The van der Waals surface area contributed by atoms with E-state index < -0.39 is 5.97 Å². The van der Waals surface area contributed by atoms with E-state index in [-0.39, 0.29) is 24.9 Å². The summed E-state index contributed by atoms with van der Waals surface area (Å²) in [6, 6.07) is 17.4. The molecule has 10 heteroatoms. The van der Waals surface area contributed by atoms with Crippen molar-refractivity contribution >= 4 is 40.0 Å². The molecule has 0 aliphatic heterocycles. The molecule has 0 aliphatic rings. The van der Waals surface area contributed by atoms with E-state index in [1.54, 1.807) is 6.92 Å². The second kappa shape index (κ2) is 12.6. The highest BCUT2D eigenvalue weighted by Gasteiger charge is 2.23. The quantitative estimate of drug-likeness (QED) is 0.191. The van der Waals surface area contributed by atoms with Crippen molar-refractivity contribution in [2.75, 3.05) is 17.7 Å². The molecule has 2 aromatic heterocycles. The fourth-order valence-electron chi connectivity index (χ4n) is 3.69. The van der Waals surface area contributed by atoms with Crippen LogP contribution in [0.25, 0.3) is 11.1 Å². The maximum absolute atomic E-state index is 12.9. The number of carbonyl (C=O) groups excluding carboxylic acids is 2. The summed E-state index contributed by atoms with van der Waals surface area (Å²) in [5, 5.41) is 14.4. The van der Waals surface area contributed by atoms with Gasteiger partial charge in [0.2, 0.25) is 5.91 Å². The largest absolute Gasteiger partial charge is 0.485 e. The van der Waals surface area contributed by atoms with Crippen LogP contribution in [0.15, 0.2) is 65.1 Å². The number of amides is 1. The van der Waals surface area contributed by atoms with E-state index in [1.165, 1.54) is 23.1 Å². The van der Waals surface area contributed by atoms with Crippen LogP contribution in [0.3, 0.4) is 0 Å². The predicted octanol–water partition coefficient (Wildman–Crippen LogP) is 5.82. The number of rotatable bonds is 11. The third-order valence-corrected chi connectivity index (χ3v) is 7.36. The standard InChI is InChI=1S/C27H28N4O4S2/c1-4-31-22(15-35-21-14-10-9-11-18(21)3)29-30-27(31)37-17-23(32)28-25-24(26(33)34-5-2)20(16-36-25)19-12-7-6-8-13-19/h6-14,16H,4-5,15,17H2,1-3H3,(H,28,32). The van der Waals surface area contributed by atoms with Crippen LogP contribution in [0.1, 0.15) is 35.6 Å². The van der Waals surface area contributed by atoms with Crippen LogP contribution in [-0.2, 0) is 22.7 Å². The Morgan fingerprint density at radius 2 is 1.81 bits per heavy atom. The summed E-state index contributed by atoms with van der Waals surface area (Å²) >= 11 is 2.58. The lowest BCUT2D eigenvalue weighted by molar-refractivity contribution is -0.113. The number of para-hydroxylation sites is 1. The van der Waals surface area contributed by atoms with Crippen molar-refractivity contribution in [3.05, 3.63) is 76.9 Å². The molecule has 4 aromatic rings. The van der Waals surface area contributed by atoms with Crippen molar-refractivity contribution in [1.82, 2.24) is 14.8 Å². The number of anilines is 1. The molecule has 4 rings (SSSR count). The van der Waals surface area contributed by atoms with E-state index in [9.17, 15) is 9.59 Å². The lowest BCUT2D eigenvalue weighted by Gasteiger charge is -2.11. The molecule has 0 radical (unpaired) electrons. The Labute approximate surface area is 224 Å². The number of nitrogens with zero attached hydrogens (tertiary/aromatic N) is 3. The molecule has 1 N–H and O–H groups in total. The van der Waals surface area contributed by atoms with Gasteiger partial charge in [0, 0.05) is 17.5 Å². The van der Waals surface area contributed by atoms with Crippen molar-refractivity contribution in [3.63, 3.8) is 0 Å². The molecule has 0 saturated carbocycles. The maximum Gasteiger partial charge on any atom is 0.341 e. The SMILES string of the molecule is CCOC(=O)c1c(-c2ccccc2)csc1NC(=O)CSc1nnc(COc2ccccc2C)n1CC. The highest BCUT2D eigenvalue weighted by Crippen LogP contribution is 2.36. The van der Waals surface area contributed by atoms with Gasteiger partial charge >= 0.3 is 5.97 Å². The molecule has 37 heavy (non-hydrogen) atoms. The van der Waals surface area contributed by atoms with Crippen LogP contribution in [-0.4, -0.2) is 39.0 Å².